The van der Waals surface area contributed by atoms with Gasteiger partial charge in [-0.2, -0.15) is 0 Å². The van der Waals surface area contributed by atoms with Gasteiger partial charge in [-0.05, 0) is 54.7 Å². The summed E-state index contributed by atoms with van der Waals surface area (Å²) in [7, 11) is 0. The van der Waals surface area contributed by atoms with Gasteiger partial charge in [-0.3, -0.25) is 4.79 Å². The number of hydrogen-bond acceptors (Lipinski definition) is 4. The minimum atomic E-state index is -0.248. The molecule has 0 bridgehead atoms. The first kappa shape index (κ1) is 18.6. The first-order chi connectivity index (χ1) is 12.5. The SMILES string of the molecule is O=C(Nc1ccc(NC(=S)Nc2cc(Cl)cc(Cl)c2)cc1)c1cscn1. The number of nitrogens with one attached hydrogen (secondary N) is 3. The maximum Gasteiger partial charge on any atom is 0.275 e. The van der Waals surface area contributed by atoms with Crippen LogP contribution in [0.4, 0.5) is 17.1 Å². The van der Waals surface area contributed by atoms with Crippen molar-refractivity contribution in [1.82, 2.24) is 4.98 Å². The molecule has 0 radical (unpaired) electrons. The number of benzene rings is 2. The molecular formula is C17H12Cl2N4OS2. The van der Waals surface area contributed by atoms with Gasteiger partial charge < -0.3 is 16.0 Å². The van der Waals surface area contributed by atoms with Crippen molar-refractivity contribution in [1.29, 1.82) is 0 Å². The Balaban J connectivity index is 1.58. The van der Waals surface area contributed by atoms with E-state index in [0.29, 0.717) is 32.2 Å². The van der Waals surface area contributed by atoms with Crippen LogP contribution in [0.25, 0.3) is 0 Å². The first-order valence-electron chi connectivity index (χ1n) is 7.33. The molecule has 0 aliphatic carbocycles. The summed E-state index contributed by atoms with van der Waals surface area (Å²) in [6.07, 6.45) is 0. The standard InChI is InChI=1S/C17H12Cl2N4OS2/c18-10-5-11(19)7-14(6-10)23-17(25)22-13-3-1-12(2-4-13)21-16(24)15-8-26-9-20-15/h1-9H,(H,21,24)(H2,22,23,25). The molecule has 0 aliphatic rings. The van der Waals surface area contributed by atoms with E-state index >= 15 is 0 Å². The second-order valence-corrected chi connectivity index (χ2v) is 7.14. The van der Waals surface area contributed by atoms with Crippen molar-refractivity contribution in [2.24, 2.45) is 0 Å². The Kier molecular flexibility index (Phi) is 6.05. The second kappa shape index (κ2) is 8.46. The van der Waals surface area contributed by atoms with Crippen LogP contribution >= 0.6 is 46.8 Å². The number of halogens is 2. The molecule has 132 valence electrons. The van der Waals surface area contributed by atoms with Crippen LogP contribution in [0.1, 0.15) is 10.5 Å². The number of anilines is 3. The lowest BCUT2D eigenvalue weighted by molar-refractivity contribution is 0.102. The van der Waals surface area contributed by atoms with E-state index < -0.39 is 0 Å². The lowest BCUT2D eigenvalue weighted by Crippen LogP contribution is -2.19. The topological polar surface area (TPSA) is 66.1 Å². The molecule has 3 N–H and O–H groups in total. The molecule has 0 atom stereocenters. The third-order valence-electron chi connectivity index (χ3n) is 3.19. The van der Waals surface area contributed by atoms with Crippen molar-refractivity contribution in [3.63, 3.8) is 0 Å². The zero-order chi connectivity index (χ0) is 18.5. The largest absolute Gasteiger partial charge is 0.332 e. The summed E-state index contributed by atoms with van der Waals surface area (Å²) in [6, 6.07) is 12.2. The van der Waals surface area contributed by atoms with E-state index in [1.807, 2.05) is 0 Å². The second-order valence-electron chi connectivity index (χ2n) is 5.14. The summed E-state index contributed by atoms with van der Waals surface area (Å²) in [5, 5.41) is 12.0. The number of carbonyl (C=O) groups excluding carboxylic acids is 1. The minimum Gasteiger partial charge on any atom is -0.332 e. The summed E-state index contributed by atoms with van der Waals surface area (Å²) in [6.45, 7) is 0. The van der Waals surface area contributed by atoms with E-state index in [0.717, 1.165) is 5.69 Å². The number of thiazole rings is 1. The van der Waals surface area contributed by atoms with E-state index in [1.165, 1.54) is 11.3 Å². The van der Waals surface area contributed by atoms with Gasteiger partial charge in [-0.1, -0.05) is 23.2 Å². The Bertz CT molecular complexity index is 910. The Morgan fingerprint density at radius 2 is 1.50 bits per heavy atom. The molecule has 3 rings (SSSR count). The zero-order valence-corrected chi connectivity index (χ0v) is 16.3. The van der Waals surface area contributed by atoms with Gasteiger partial charge in [-0.15, -0.1) is 11.3 Å². The van der Waals surface area contributed by atoms with Crippen LogP contribution in [0.15, 0.2) is 53.4 Å². The van der Waals surface area contributed by atoms with E-state index in [2.05, 4.69) is 20.9 Å². The monoisotopic (exact) mass is 422 g/mol. The number of carbonyl (C=O) groups is 1. The number of rotatable bonds is 4. The van der Waals surface area contributed by atoms with Crippen molar-refractivity contribution in [3.05, 3.63) is 69.1 Å². The molecule has 3 aromatic rings. The molecule has 0 fully saturated rings. The van der Waals surface area contributed by atoms with E-state index in [1.54, 1.807) is 53.4 Å². The highest BCUT2D eigenvalue weighted by molar-refractivity contribution is 7.80. The van der Waals surface area contributed by atoms with E-state index in [-0.39, 0.29) is 5.91 Å². The molecule has 0 unspecified atom stereocenters. The maximum absolute atomic E-state index is 12.0. The van der Waals surface area contributed by atoms with E-state index in [4.69, 9.17) is 35.4 Å². The lowest BCUT2D eigenvalue weighted by Gasteiger charge is -2.12. The molecule has 9 heteroatoms. The Morgan fingerprint density at radius 3 is 2.08 bits per heavy atom. The predicted octanol–water partition coefficient (Wildman–Crippen LogP) is 5.51. The van der Waals surface area contributed by atoms with Gasteiger partial charge in [0.2, 0.25) is 0 Å². The normalized spacial score (nSPS) is 10.2. The molecule has 0 spiro atoms. The number of aromatic nitrogens is 1. The van der Waals surface area contributed by atoms with Gasteiger partial charge in [-0.25, -0.2) is 4.98 Å². The summed E-state index contributed by atoms with van der Waals surface area (Å²) >= 11 is 18.6. The fourth-order valence-electron chi connectivity index (χ4n) is 2.08. The number of nitrogens with zero attached hydrogens (tertiary/aromatic N) is 1. The maximum atomic E-state index is 12.0. The highest BCUT2D eigenvalue weighted by Crippen LogP contribution is 2.23. The Labute approximate surface area is 169 Å². The minimum absolute atomic E-state index is 0.248. The van der Waals surface area contributed by atoms with Crippen LogP contribution in [0, 0.1) is 0 Å². The summed E-state index contributed by atoms with van der Waals surface area (Å²) < 4.78 is 0. The van der Waals surface area contributed by atoms with Crippen LogP contribution < -0.4 is 16.0 Å². The van der Waals surface area contributed by atoms with Crippen LogP contribution in [0.3, 0.4) is 0 Å². The van der Waals surface area contributed by atoms with Gasteiger partial charge in [0.15, 0.2) is 5.11 Å². The average molecular weight is 423 g/mol. The molecular weight excluding hydrogens is 411 g/mol. The van der Waals surface area contributed by atoms with Crippen molar-refractivity contribution in [3.8, 4) is 0 Å². The molecule has 26 heavy (non-hydrogen) atoms. The molecule has 1 amide bonds. The number of thiocarbonyl (C=S) groups is 1. The lowest BCUT2D eigenvalue weighted by atomic mass is 10.2. The predicted molar refractivity (Wildman–Crippen MR) is 113 cm³/mol. The summed E-state index contributed by atoms with van der Waals surface area (Å²) in [4.78, 5) is 15.9. The van der Waals surface area contributed by atoms with Gasteiger partial charge in [0.1, 0.15) is 5.69 Å². The number of hydrogen-bond donors (Lipinski definition) is 3. The molecule has 0 saturated heterocycles. The van der Waals surface area contributed by atoms with Crippen LogP contribution in [-0.2, 0) is 0 Å². The average Bonchev–Trinajstić information content (AvgIpc) is 3.10. The summed E-state index contributed by atoms with van der Waals surface area (Å²) in [5.74, 6) is -0.248. The fourth-order valence-corrected chi connectivity index (χ4v) is 3.37. The number of amides is 1. The van der Waals surface area contributed by atoms with Crippen molar-refractivity contribution >= 4 is 74.8 Å². The Hall–Kier alpha value is -2.19. The highest BCUT2D eigenvalue weighted by atomic mass is 35.5. The molecule has 1 heterocycles. The first-order valence-corrected chi connectivity index (χ1v) is 9.44. The van der Waals surface area contributed by atoms with Crippen LogP contribution in [-0.4, -0.2) is 16.0 Å². The zero-order valence-electron chi connectivity index (χ0n) is 13.1. The molecule has 0 saturated carbocycles. The fraction of sp³-hybridized carbons (Fsp3) is 0. The van der Waals surface area contributed by atoms with Gasteiger partial charge >= 0.3 is 0 Å². The van der Waals surface area contributed by atoms with Gasteiger partial charge in [0, 0.05) is 32.5 Å². The molecule has 2 aromatic carbocycles. The van der Waals surface area contributed by atoms with Crippen LogP contribution in [0.5, 0.6) is 0 Å². The molecule has 0 aliphatic heterocycles. The third-order valence-corrected chi connectivity index (χ3v) is 4.41. The quantitative estimate of drug-likeness (QED) is 0.483. The highest BCUT2D eigenvalue weighted by Gasteiger charge is 2.08. The molecule has 1 aromatic heterocycles. The third kappa shape index (κ3) is 5.15. The Morgan fingerprint density at radius 1 is 0.923 bits per heavy atom. The molecule has 5 nitrogen and oxygen atoms in total. The van der Waals surface area contributed by atoms with Crippen molar-refractivity contribution in [2.75, 3.05) is 16.0 Å². The van der Waals surface area contributed by atoms with Gasteiger partial charge in [0.25, 0.3) is 5.91 Å². The van der Waals surface area contributed by atoms with Crippen LogP contribution in [0.2, 0.25) is 10.0 Å². The van der Waals surface area contributed by atoms with Crippen molar-refractivity contribution < 1.29 is 4.79 Å². The van der Waals surface area contributed by atoms with E-state index in [9.17, 15) is 4.79 Å². The summed E-state index contributed by atoms with van der Waals surface area (Å²) in [5.41, 5.74) is 4.12. The van der Waals surface area contributed by atoms with Gasteiger partial charge in [0.05, 0.1) is 5.51 Å². The van der Waals surface area contributed by atoms with Crippen molar-refractivity contribution in [2.45, 2.75) is 0 Å². The smallest absolute Gasteiger partial charge is 0.275 e.